The Morgan fingerprint density at radius 3 is 2.15 bits per heavy atom. The Balaban J connectivity index is 2.16. The number of benzene rings is 2. The Morgan fingerprint density at radius 1 is 0.821 bits per heavy atom. The van der Waals surface area contributed by atoms with Gasteiger partial charge in [0.25, 0.3) is 0 Å². The van der Waals surface area contributed by atoms with Crippen molar-refractivity contribution in [3.05, 3.63) is 78.7 Å². The van der Waals surface area contributed by atoms with Crippen molar-refractivity contribution in [2.24, 2.45) is 0 Å². The minimum atomic E-state index is -0.746. The largest absolute Gasteiger partial charge is 0.491 e. The van der Waals surface area contributed by atoms with E-state index in [2.05, 4.69) is 19.7 Å². The Morgan fingerprint density at radius 2 is 1.51 bits per heavy atom. The van der Waals surface area contributed by atoms with Crippen molar-refractivity contribution in [2.45, 2.75) is 27.2 Å². The SMILES string of the molecule is C=C(C)C(=O)OCCOc1cc(OCCOCC(=C)C(=O)CC)ccc1-c1ccc(OC(=O)C(=C)C)c(F)c1. The number of Topliss-reactive ketones (excluding diaryl/α,β-unsaturated/α-hetero) is 1. The van der Waals surface area contributed by atoms with Gasteiger partial charge in [-0.3, -0.25) is 4.79 Å². The second kappa shape index (κ2) is 15.2. The average Bonchev–Trinajstić information content (AvgIpc) is 2.91. The molecule has 0 fully saturated rings. The molecule has 2 aromatic carbocycles. The van der Waals surface area contributed by atoms with Gasteiger partial charge in [-0.1, -0.05) is 32.7 Å². The third-order valence-electron chi connectivity index (χ3n) is 5.16. The highest BCUT2D eigenvalue weighted by Crippen LogP contribution is 2.35. The van der Waals surface area contributed by atoms with Crippen molar-refractivity contribution < 1.29 is 42.5 Å². The summed E-state index contributed by atoms with van der Waals surface area (Å²) in [6.45, 7) is 16.0. The first-order valence-corrected chi connectivity index (χ1v) is 12.2. The van der Waals surface area contributed by atoms with E-state index in [0.717, 1.165) is 0 Å². The fraction of sp³-hybridized carbons (Fsp3) is 0.300. The summed E-state index contributed by atoms with van der Waals surface area (Å²) in [6.07, 6.45) is 0.368. The Hall–Kier alpha value is -4.24. The minimum Gasteiger partial charge on any atom is -0.491 e. The number of esters is 2. The van der Waals surface area contributed by atoms with Crippen molar-refractivity contribution in [2.75, 3.05) is 33.0 Å². The van der Waals surface area contributed by atoms with E-state index in [1.807, 2.05) is 0 Å². The summed E-state index contributed by atoms with van der Waals surface area (Å²) >= 11 is 0. The van der Waals surface area contributed by atoms with Crippen molar-refractivity contribution >= 4 is 17.7 Å². The van der Waals surface area contributed by atoms with Crippen LogP contribution < -0.4 is 14.2 Å². The Kier molecular flexibility index (Phi) is 12.1. The number of carbonyl (C=O) groups is 3. The van der Waals surface area contributed by atoms with Gasteiger partial charge in [-0.15, -0.1) is 0 Å². The van der Waals surface area contributed by atoms with Crippen LogP contribution >= 0.6 is 0 Å². The van der Waals surface area contributed by atoms with Crippen LogP contribution in [0.3, 0.4) is 0 Å². The molecule has 2 rings (SSSR count). The second-order valence-corrected chi connectivity index (χ2v) is 8.52. The molecular formula is C30H33FO8. The first-order chi connectivity index (χ1) is 18.5. The number of ketones is 1. The molecule has 0 N–H and O–H groups in total. The van der Waals surface area contributed by atoms with Crippen molar-refractivity contribution in [3.8, 4) is 28.4 Å². The van der Waals surface area contributed by atoms with Crippen molar-refractivity contribution in [1.29, 1.82) is 0 Å². The number of carbonyl (C=O) groups excluding carboxylic acids is 3. The zero-order chi connectivity index (χ0) is 28.9. The lowest BCUT2D eigenvalue weighted by molar-refractivity contribution is -0.139. The monoisotopic (exact) mass is 540 g/mol. The molecule has 0 heterocycles. The third kappa shape index (κ3) is 9.86. The average molecular weight is 541 g/mol. The molecule has 0 spiro atoms. The molecule has 0 bridgehead atoms. The Bertz CT molecular complexity index is 1250. The molecule has 0 aliphatic heterocycles. The number of halogens is 1. The summed E-state index contributed by atoms with van der Waals surface area (Å²) < 4.78 is 41.8. The molecule has 0 amide bonds. The first-order valence-electron chi connectivity index (χ1n) is 12.2. The number of rotatable bonds is 16. The molecule has 9 heteroatoms. The smallest absolute Gasteiger partial charge is 0.338 e. The fourth-order valence-corrected chi connectivity index (χ4v) is 3.04. The summed E-state index contributed by atoms with van der Waals surface area (Å²) in [5.41, 5.74) is 1.78. The van der Waals surface area contributed by atoms with Crippen LogP contribution in [0.4, 0.5) is 4.39 Å². The molecule has 0 aromatic heterocycles. The molecular weight excluding hydrogens is 507 g/mol. The van der Waals surface area contributed by atoms with Crippen LogP contribution in [-0.4, -0.2) is 50.8 Å². The van der Waals surface area contributed by atoms with Gasteiger partial charge in [0.1, 0.15) is 31.3 Å². The number of hydrogen-bond acceptors (Lipinski definition) is 8. The zero-order valence-corrected chi connectivity index (χ0v) is 22.5. The minimum absolute atomic E-state index is 0.0168. The fourth-order valence-electron chi connectivity index (χ4n) is 3.04. The van der Waals surface area contributed by atoms with Gasteiger partial charge in [0.05, 0.1) is 13.2 Å². The predicted octanol–water partition coefficient (Wildman–Crippen LogP) is 5.40. The van der Waals surface area contributed by atoms with Gasteiger partial charge in [-0.2, -0.15) is 0 Å². The van der Waals surface area contributed by atoms with Crippen LogP contribution in [0.25, 0.3) is 11.1 Å². The maximum Gasteiger partial charge on any atom is 0.338 e. The Labute approximate surface area is 227 Å². The number of ether oxygens (including phenoxy) is 5. The van der Waals surface area contributed by atoms with E-state index in [4.69, 9.17) is 23.7 Å². The van der Waals surface area contributed by atoms with Gasteiger partial charge in [-0.05, 0) is 43.7 Å². The van der Waals surface area contributed by atoms with Crippen molar-refractivity contribution in [3.63, 3.8) is 0 Å². The standard InChI is InChI=1S/C30H33FO8/c1-7-26(32)21(6)18-35-12-13-36-23-9-10-24(28(17-23)37-14-15-38-29(33)19(2)3)22-8-11-27(25(31)16-22)39-30(34)20(4)5/h8-11,16-17H,2,4,6-7,12-15,18H2,1,3,5H3. The van der Waals surface area contributed by atoms with Crippen LogP contribution in [0.15, 0.2) is 72.9 Å². The second-order valence-electron chi connectivity index (χ2n) is 8.52. The van der Waals surface area contributed by atoms with Gasteiger partial charge in [-0.25, -0.2) is 14.0 Å². The van der Waals surface area contributed by atoms with E-state index < -0.39 is 17.8 Å². The maximum absolute atomic E-state index is 14.7. The molecule has 0 radical (unpaired) electrons. The van der Waals surface area contributed by atoms with Gasteiger partial charge >= 0.3 is 11.9 Å². The van der Waals surface area contributed by atoms with E-state index in [1.165, 1.54) is 26.0 Å². The van der Waals surface area contributed by atoms with Crippen LogP contribution in [0, 0.1) is 5.82 Å². The molecule has 0 unspecified atom stereocenters. The topological polar surface area (TPSA) is 97.4 Å². The summed E-state index contributed by atoms with van der Waals surface area (Å²) in [7, 11) is 0. The highest BCUT2D eigenvalue weighted by molar-refractivity contribution is 5.94. The maximum atomic E-state index is 14.7. The first kappa shape index (κ1) is 31.0. The molecule has 8 nitrogen and oxygen atoms in total. The van der Waals surface area contributed by atoms with Crippen LogP contribution in [0.2, 0.25) is 0 Å². The molecule has 0 atom stereocenters. The van der Waals surface area contributed by atoms with Gasteiger partial charge in [0, 0.05) is 34.8 Å². The van der Waals surface area contributed by atoms with E-state index >= 15 is 0 Å². The van der Waals surface area contributed by atoms with Gasteiger partial charge in [0.15, 0.2) is 17.3 Å². The van der Waals surface area contributed by atoms with Crippen LogP contribution in [0.5, 0.6) is 17.2 Å². The van der Waals surface area contributed by atoms with Crippen molar-refractivity contribution in [1.82, 2.24) is 0 Å². The zero-order valence-electron chi connectivity index (χ0n) is 22.5. The normalized spacial score (nSPS) is 10.4. The van der Waals surface area contributed by atoms with E-state index in [9.17, 15) is 18.8 Å². The highest BCUT2D eigenvalue weighted by Gasteiger charge is 2.15. The van der Waals surface area contributed by atoms with E-state index in [-0.39, 0.29) is 55.7 Å². The summed E-state index contributed by atoms with van der Waals surface area (Å²) in [4.78, 5) is 35.0. The molecule has 0 saturated carbocycles. The van der Waals surface area contributed by atoms with Gasteiger partial charge in [0.2, 0.25) is 0 Å². The highest BCUT2D eigenvalue weighted by atomic mass is 19.1. The molecule has 39 heavy (non-hydrogen) atoms. The van der Waals surface area contributed by atoms with Gasteiger partial charge < -0.3 is 23.7 Å². The summed E-state index contributed by atoms with van der Waals surface area (Å²) in [5.74, 6) is -1.52. The molecule has 2 aromatic rings. The quantitative estimate of drug-likeness (QED) is 0.121. The van der Waals surface area contributed by atoms with E-state index in [1.54, 1.807) is 31.2 Å². The molecule has 0 aliphatic carbocycles. The van der Waals surface area contributed by atoms with Crippen LogP contribution in [-0.2, 0) is 23.9 Å². The molecule has 0 aliphatic rings. The molecule has 0 saturated heterocycles. The lowest BCUT2D eigenvalue weighted by Crippen LogP contribution is -2.13. The lowest BCUT2D eigenvalue weighted by Gasteiger charge is -2.15. The summed E-state index contributed by atoms with van der Waals surface area (Å²) in [5, 5.41) is 0. The predicted molar refractivity (Wildman–Crippen MR) is 144 cm³/mol. The third-order valence-corrected chi connectivity index (χ3v) is 5.16. The van der Waals surface area contributed by atoms with Crippen LogP contribution in [0.1, 0.15) is 27.2 Å². The van der Waals surface area contributed by atoms with E-state index in [0.29, 0.717) is 34.6 Å². The molecule has 208 valence electrons. The number of hydrogen-bond donors (Lipinski definition) is 0. The lowest BCUT2D eigenvalue weighted by atomic mass is 10.0. The summed E-state index contributed by atoms with van der Waals surface area (Å²) in [6, 6.07) is 9.10.